The Labute approximate surface area is 133 Å². The maximum Gasteiger partial charge on any atom is 0.260 e. The lowest BCUT2D eigenvalue weighted by atomic mass is 10.1. The van der Waals surface area contributed by atoms with Crippen LogP contribution in [0.15, 0.2) is 16.6 Å². The highest BCUT2D eigenvalue weighted by Gasteiger charge is 2.20. The zero-order valence-electron chi connectivity index (χ0n) is 12.3. The van der Waals surface area contributed by atoms with Crippen LogP contribution in [0.1, 0.15) is 15.9 Å². The van der Waals surface area contributed by atoms with Gasteiger partial charge < -0.3 is 14.5 Å². The molecule has 0 N–H and O–H groups in total. The van der Waals surface area contributed by atoms with E-state index in [2.05, 4.69) is 20.8 Å². The second kappa shape index (κ2) is 7.04. The second-order valence-electron chi connectivity index (χ2n) is 5.23. The minimum absolute atomic E-state index is 0.0347. The molecule has 0 unspecified atom stereocenters. The van der Waals surface area contributed by atoms with Gasteiger partial charge in [0.2, 0.25) is 0 Å². The molecule has 1 aliphatic rings. The number of piperazine rings is 1. The average Bonchev–Trinajstić information content (AvgIpc) is 2.46. The number of aldehydes is 1. The highest BCUT2D eigenvalue weighted by molar-refractivity contribution is 9.10. The topological polar surface area (TPSA) is 49.9 Å². The molecule has 1 saturated heterocycles. The number of halogens is 1. The summed E-state index contributed by atoms with van der Waals surface area (Å²) >= 11 is 3.34. The summed E-state index contributed by atoms with van der Waals surface area (Å²) in [6, 6.07) is 3.55. The fraction of sp³-hybridized carbons (Fsp3) is 0.467. The van der Waals surface area contributed by atoms with E-state index in [1.807, 2.05) is 20.0 Å². The lowest BCUT2D eigenvalue weighted by Gasteiger charge is -2.32. The van der Waals surface area contributed by atoms with Crippen molar-refractivity contribution >= 4 is 28.1 Å². The van der Waals surface area contributed by atoms with Gasteiger partial charge in [0.25, 0.3) is 5.91 Å². The highest BCUT2D eigenvalue weighted by atomic mass is 79.9. The molecule has 0 saturated carbocycles. The van der Waals surface area contributed by atoms with E-state index >= 15 is 0 Å². The van der Waals surface area contributed by atoms with Crippen LogP contribution in [-0.4, -0.2) is 61.8 Å². The Balaban J connectivity index is 2.00. The smallest absolute Gasteiger partial charge is 0.260 e. The van der Waals surface area contributed by atoms with Gasteiger partial charge >= 0.3 is 0 Å². The minimum atomic E-state index is -0.0396. The van der Waals surface area contributed by atoms with Crippen LogP contribution in [0, 0.1) is 6.92 Å². The minimum Gasteiger partial charge on any atom is -0.483 e. The van der Waals surface area contributed by atoms with Crippen molar-refractivity contribution in [3.05, 3.63) is 27.7 Å². The number of carbonyl (C=O) groups excluding carboxylic acids is 2. The van der Waals surface area contributed by atoms with Gasteiger partial charge in [-0.25, -0.2) is 0 Å². The van der Waals surface area contributed by atoms with Crippen molar-refractivity contribution in [2.45, 2.75) is 6.92 Å². The van der Waals surface area contributed by atoms with Crippen LogP contribution in [0.2, 0.25) is 0 Å². The molecule has 5 nitrogen and oxygen atoms in total. The van der Waals surface area contributed by atoms with Gasteiger partial charge in [-0.15, -0.1) is 0 Å². The predicted octanol–water partition coefficient (Wildman–Crippen LogP) is 1.72. The molecule has 2 rings (SSSR count). The van der Waals surface area contributed by atoms with E-state index in [4.69, 9.17) is 4.74 Å². The Hall–Kier alpha value is -1.40. The number of ether oxygens (including phenoxy) is 1. The van der Waals surface area contributed by atoms with E-state index in [9.17, 15) is 9.59 Å². The van der Waals surface area contributed by atoms with E-state index in [0.717, 1.165) is 42.5 Å². The molecule has 0 bridgehead atoms. The molecule has 1 fully saturated rings. The molecule has 1 heterocycles. The van der Waals surface area contributed by atoms with Crippen molar-refractivity contribution < 1.29 is 14.3 Å². The number of benzene rings is 1. The lowest BCUT2D eigenvalue weighted by molar-refractivity contribution is -0.134. The summed E-state index contributed by atoms with van der Waals surface area (Å²) in [4.78, 5) is 27.2. The van der Waals surface area contributed by atoms with Crippen molar-refractivity contribution in [2.24, 2.45) is 0 Å². The Bertz CT molecular complexity index is 540. The third-order valence-electron chi connectivity index (χ3n) is 3.59. The van der Waals surface area contributed by atoms with E-state index in [0.29, 0.717) is 11.3 Å². The quantitative estimate of drug-likeness (QED) is 0.772. The van der Waals surface area contributed by atoms with Gasteiger partial charge in [-0.2, -0.15) is 0 Å². The van der Waals surface area contributed by atoms with Gasteiger partial charge in [0.05, 0.1) is 5.56 Å². The van der Waals surface area contributed by atoms with E-state index in [1.165, 1.54) is 0 Å². The number of likely N-dealkylation sites (N-methyl/N-ethyl adjacent to an activating group) is 1. The summed E-state index contributed by atoms with van der Waals surface area (Å²) in [6.07, 6.45) is 0.743. The first-order valence-electron chi connectivity index (χ1n) is 6.85. The molecule has 0 radical (unpaired) electrons. The van der Waals surface area contributed by atoms with Crippen molar-refractivity contribution in [3.8, 4) is 5.75 Å². The van der Waals surface area contributed by atoms with Crippen molar-refractivity contribution in [1.82, 2.24) is 9.80 Å². The third-order valence-corrected chi connectivity index (χ3v) is 4.05. The summed E-state index contributed by atoms with van der Waals surface area (Å²) in [7, 11) is 2.04. The Kier molecular flexibility index (Phi) is 5.36. The maximum absolute atomic E-state index is 12.1. The van der Waals surface area contributed by atoms with Crippen LogP contribution in [0.25, 0.3) is 0 Å². The fourth-order valence-electron chi connectivity index (χ4n) is 2.32. The van der Waals surface area contributed by atoms with E-state index < -0.39 is 0 Å². The first-order valence-corrected chi connectivity index (χ1v) is 7.65. The Morgan fingerprint density at radius 1 is 1.33 bits per heavy atom. The number of carbonyl (C=O) groups is 2. The summed E-state index contributed by atoms with van der Waals surface area (Å²) in [5, 5.41) is 0. The molecular weight excluding hydrogens is 336 g/mol. The molecule has 6 heteroatoms. The molecule has 21 heavy (non-hydrogen) atoms. The molecule has 1 amide bonds. The number of aryl methyl sites for hydroxylation is 1. The number of rotatable bonds is 4. The predicted molar refractivity (Wildman–Crippen MR) is 83.8 cm³/mol. The van der Waals surface area contributed by atoms with Gasteiger partial charge in [0.1, 0.15) is 5.75 Å². The third kappa shape index (κ3) is 4.04. The van der Waals surface area contributed by atoms with Crippen LogP contribution in [0.5, 0.6) is 5.75 Å². The lowest BCUT2D eigenvalue weighted by Crippen LogP contribution is -2.48. The summed E-state index contributed by atoms with van der Waals surface area (Å²) in [5.41, 5.74) is 1.28. The molecule has 0 spiro atoms. The summed E-state index contributed by atoms with van der Waals surface area (Å²) < 4.78 is 6.42. The number of hydrogen-bond donors (Lipinski definition) is 0. The molecule has 114 valence electrons. The van der Waals surface area contributed by atoms with Crippen LogP contribution >= 0.6 is 15.9 Å². The van der Waals surface area contributed by atoms with Gasteiger partial charge in [-0.3, -0.25) is 9.59 Å². The average molecular weight is 355 g/mol. The van der Waals surface area contributed by atoms with Gasteiger partial charge in [-0.1, -0.05) is 15.9 Å². The standard InChI is InChI=1S/C15H19BrN2O3/c1-11-7-13(16)8-12(9-19)15(11)21-10-14(20)18-5-3-17(2)4-6-18/h7-9H,3-6,10H2,1-2H3. The zero-order valence-corrected chi connectivity index (χ0v) is 13.9. The van der Waals surface area contributed by atoms with E-state index in [-0.39, 0.29) is 12.5 Å². The fourth-order valence-corrected chi connectivity index (χ4v) is 2.91. The monoisotopic (exact) mass is 354 g/mol. The second-order valence-corrected chi connectivity index (χ2v) is 6.15. The van der Waals surface area contributed by atoms with Crippen molar-refractivity contribution in [2.75, 3.05) is 39.8 Å². The van der Waals surface area contributed by atoms with Crippen LogP contribution < -0.4 is 4.74 Å². The molecule has 1 aliphatic heterocycles. The van der Waals surface area contributed by atoms with Crippen LogP contribution in [-0.2, 0) is 4.79 Å². The molecule has 0 atom stereocenters. The summed E-state index contributed by atoms with van der Waals surface area (Å²) in [6.45, 7) is 5.02. The number of amides is 1. The zero-order chi connectivity index (χ0) is 15.4. The number of hydrogen-bond acceptors (Lipinski definition) is 4. The molecule has 0 aliphatic carbocycles. The largest absolute Gasteiger partial charge is 0.483 e. The SMILES string of the molecule is Cc1cc(Br)cc(C=O)c1OCC(=O)N1CCN(C)CC1. The van der Waals surface area contributed by atoms with Gasteiger partial charge in [0.15, 0.2) is 12.9 Å². The Morgan fingerprint density at radius 2 is 2.00 bits per heavy atom. The van der Waals surface area contributed by atoms with Crippen LogP contribution in [0.3, 0.4) is 0 Å². The van der Waals surface area contributed by atoms with Crippen molar-refractivity contribution in [3.63, 3.8) is 0 Å². The van der Waals surface area contributed by atoms with Crippen LogP contribution in [0.4, 0.5) is 0 Å². The maximum atomic E-state index is 12.1. The first-order chi connectivity index (χ1) is 10.0. The molecule has 1 aromatic carbocycles. The Morgan fingerprint density at radius 3 is 2.62 bits per heavy atom. The van der Waals surface area contributed by atoms with Gasteiger partial charge in [-0.05, 0) is 31.7 Å². The highest BCUT2D eigenvalue weighted by Crippen LogP contribution is 2.26. The molecular formula is C15H19BrN2O3. The van der Waals surface area contributed by atoms with E-state index in [1.54, 1.807) is 11.0 Å². The first kappa shape index (κ1) is 16.0. The normalized spacial score (nSPS) is 15.9. The summed E-state index contributed by atoms with van der Waals surface area (Å²) in [5.74, 6) is 0.443. The van der Waals surface area contributed by atoms with Gasteiger partial charge in [0, 0.05) is 30.7 Å². The molecule has 0 aromatic heterocycles. The molecule has 1 aromatic rings. The number of nitrogens with zero attached hydrogens (tertiary/aromatic N) is 2. The van der Waals surface area contributed by atoms with Crippen molar-refractivity contribution in [1.29, 1.82) is 0 Å².